The van der Waals surface area contributed by atoms with Crippen LogP contribution in [0.2, 0.25) is 0 Å². The highest BCUT2D eigenvalue weighted by Crippen LogP contribution is 2.32. The first-order chi connectivity index (χ1) is 13.7. The van der Waals surface area contributed by atoms with E-state index in [0.717, 1.165) is 29.9 Å². The average Bonchev–Trinajstić information content (AvgIpc) is 3.15. The zero-order chi connectivity index (χ0) is 19.9. The van der Waals surface area contributed by atoms with Gasteiger partial charge in [0.2, 0.25) is 0 Å². The van der Waals surface area contributed by atoms with E-state index in [1.807, 2.05) is 12.1 Å². The Balaban J connectivity index is 2.14. The molecule has 6 nitrogen and oxygen atoms in total. The number of pyridine rings is 1. The molecule has 0 amide bonds. The Morgan fingerprint density at radius 3 is 2.43 bits per heavy atom. The molecule has 0 N–H and O–H groups in total. The predicted molar refractivity (Wildman–Crippen MR) is 111 cm³/mol. The molecule has 0 fully saturated rings. The summed E-state index contributed by atoms with van der Waals surface area (Å²) in [7, 11) is 0. The van der Waals surface area contributed by atoms with Gasteiger partial charge in [-0.1, -0.05) is 43.8 Å². The van der Waals surface area contributed by atoms with Crippen LogP contribution >= 0.6 is 11.8 Å². The summed E-state index contributed by atoms with van der Waals surface area (Å²) in [6.07, 6.45) is 5.28. The van der Waals surface area contributed by atoms with Crippen molar-refractivity contribution in [2.75, 3.05) is 12.4 Å². The lowest BCUT2D eigenvalue weighted by Crippen LogP contribution is -2.10. The lowest BCUT2D eigenvalue weighted by Gasteiger charge is -2.17. The van der Waals surface area contributed by atoms with Gasteiger partial charge < -0.3 is 4.74 Å². The van der Waals surface area contributed by atoms with Gasteiger partial charge in [0.1, 0.15) is 0 Å². The van der Waals surface area contributed by atoms with Gasteiger partial charge >= 0.3 is 5.97 Å². The summed E-state index contributed by atoms with van der Waals surface area (Å²) in [6, 6.07) is 10.2. The van der Waals surface area contributed by atoms with Crippen LogP contribution in [0.1, 0.15) is 31.9 Å². The maximum absolute atomic E-state index is 11.9. The van der Waals surface area contributed by atoms with Crippen molar-refractivity contribution in [3.05, 3.63) is 53.9 Å². The van der Waals surface area contributed by atoms with E-state index in [0.29, 0.717) is 11.8 Å². The number of carbonyl (C=O) groups excluding carboxylic acids is 1. The first-order valence-electron chi connectivity index (χ1n) is 9.44. The number of esters is 1. The van der Waals surface area contributed by atoms with Crippen LogP contribution in [0.15, 0.2) is 47.9 Å². The highest BCUT2D eigenvalue weighted by Gasteiger charge is 2.21. The van der Waals surface area contributed by atoms with Crippen LogP contribution < -0.4 is 0 Å². The molecule has 0 aliphatic carbocycles. The third-order valence-electron chi connectivity index (χ3n) is 4.37. The molecule has 2 heterocycles. The maximum atomic E-state index is 11.9. The number of benzene rings is 1. The molecular weight excluding hydrogens is 372 g/mol. The fourth-order valence-electron chi connectivity index (χ4n) is 3.08. The predicted octanol–water partition coefficient (Wildman–Crippen LogP) is 4.11. The summed E-state index contributed by atoms with van der Waals surface area (Å²) in [6.45, 7) is 6.44. The number of hydrogen-bond acceptors (Lipinski definition) is 6. The molecule has 2 aromatic heterocycles. The minimum Gasteiger partial charge on any atom is -0.465 e. The van der Waals surface area contributed by atoms with Crippen molar-refractivity contribution in [3.8, 4) is 17.1 Å². The van der Waals surface area contributed by atoms with Crippen LogP contribution in [0.25, 0.3) is 17.1 Å². The van der Waals surface area contributed by atoms with Gasteiger partial charge in [-0.15, -0.1) is 10.2 Å². The number of thioether (sulfide) groups is 1. The van der Waals surface area contributed by atoms with Gasteiger partial charge in [0, 0.05) is 18.0 Å². The fourth-order valence-corrected chi connectivity index (χ4v) is 3.81. The molecule has 3 aromatic rings. The molecule has 0 radical (unpaired) electrons. The van der Waals surface area contributed by atoms with Gasteiger partial charge in [-0.2, -0.15) is 0 Å². The molecule has 3 rings (SSSR count). The summed E-state index contributed by atoms with van der Waals surface area (Å²) in [4.78, 5) is 16.1. The summed E-state index contributed by atoms with van der Waals surface area (Å²) >= 11 is 1.34. The smallest absolute Gasteiger partial charge is 0.316 e. The molecule has 0 saturated heterocycles. The molecule has 0 aliphatic heterocycles. The van der Waals surface area contributed by atoms with Gasteiger partial charge in [-0.3, -0.25) is 14.3 Å². The van der Waals surface area contributed by atoms with E-state index >= 15 is 0 Å². The Bertz CT molecular complexity index is 919. The minimum atomic E-state index is -0.260. The largest absolute Gasteiger partial charge is 0.465 e. The second-order valence-corrected chi connectivity index (χ2v) is 7.05. The van der Waals surface area contributed by atoms with E-state index in [1.165, 1.54) is 22.9 Å². The van der Waals surface area contributed by atoms with E-state index in [-0.39, 0.29) is 11.7 Å². The number of rotatable bonds is 8. The molecule has 0 bridgehead atoms. The van der Waals surface area contributed by atoms with Crippen molar-refractivity contribution in [2.24, 2.45) is 0 Å². The lowest BCUT2D eigenvalue weighted by molar-refractivity contribution is -0.139. The minimum absolute atomic E-state index is 0.189. The first-order valence-corrected chi connectivity index (χ1v) is 10.4. The van der Waals surface area contributed by atoms with Crippen LogP contribution in [0, 0.1) is 0 Å². The number of aryl methyl sites for hydroxylation is 2. The van der Waals surface area contributed by atoms with E-state index in [2.05, 4.69) is 51.8 Å². The van der Waals surface area contributed by atoms with E-state index in [9.17, 15) is 4.79 Å². The number of ether oxygens (including phenoxy) is 1. The third-order valence-corrected chi connectivity index (χ3v) is 5.27. The highest BCUT2D eigenvalue weighted by atomic mass is 32.2. The Kier molecular flexibility index (Phi) is 6.81. The van der Waals surface area contributed by atoms with Crippen LogP contribution in [0.5, 0.6) is 0 Å². The molecule has 1 aromatic carbocycles. The number of aromatic nitrogens is 4. The summed E-state index contributed by atoms with van der Waals surface area (Å²) in [5, 5.41) is 9.50. The Morgan fingerprint density at radius 1 is 1.07 bits per heavy atom. The normalized spacial score (nSPS) is 10.8. The standard InChI is InChI=1S/C21H24N4O2S/c1-4-15-9-7-10-16(5-2)19(15)25-20(17-11-8-12-22-13-17)23-24-21(25)28-14-18(26)27-6-3/h7-13H,4-6,14H2,1-3H3. The molecule has 0 unspecified atom stereocenters. The number of para-hydroxylation sites is 1. The zero-order valence-electron chi connectivity index (χ0n) is 16.4. The SMILES string of the molecule is CCOC(=O)CSc1nnc(-c2cccnc2)n1-c1c(CC)cccc1CC. The van der Waals surface area contributed by atoms with Crippen molar-refractivity contribution in [1.29, 1.82) is 0 Å². The van der Waals surface area contributed by atoms with Gasteiger partial charge in [0.25, 0.3) is 0 Å². The molecule has 0 atom stereocenters. The van der Waals surface area contributed by atoms with Crippen LogP contribution in [-0.2, 0) is 22.4 Å². The molecule has 0 spiro atoms. The Labute approximate surface area is 169 Å². The van der Waals surface area contributed by atoms with Crippen LogP contribution in [0.3, 0.4) is 0 Å². The summed E-state index contributed by atoms with van der Waals surface area (Å²) in [5.74, 6) is 0.647. The summed E-state index contributed by atoms with van der Waals surface area (Å²) < 4.78 is 7.12. The van der Waals surface area contributed by atoms with Gasteiger partial charge in [-0.25, -0.2) is 0 Å². The fraction of sp³-hybridized carbons (Fsp3) is 0.333. The molecule has 146 valence electrons. The Morgan fingerprint density at radius 2 is 1.82 bits per heavy atom. The topological polar surface area (TPSA) is 69.9 Å². The summed E-state index contributed by atoms with van der Waals surface area (Å²) in [5.41, 5.74) is 4.39. The second kappa shape index (κ2) is 9.50. The van der Waals surface area contributed by atoms with E-state index < -0.39 is 0 Å². The van der Waals surface area contributed by atoms with Crippen molar-refractivity contribution in [2.45, 2.75) is 38.8 Å². The van der Waals surface area contributed by atoms with Crippen molar-refractivity contribution in [3.63, 3.8) is 0 Å². The molecule has 0 saturated carbocycles. The third kappa shape index (κ3) is 4.25. The Hall–Kier alpha value is -2.67. The average molecular weight is 397 g/mol. The van der Waals surface area contributed by atoms with Crippen molar-refractivity contribution in [1.82, 2.24) is 19.7 Å². The zero-order valence-corrected chi connectivity index (χ0v) is 17.2. The maximum Gasteiger partial charge on any atom is 0.316 e. The van der Waals surface area contributed by atoms with Gasteiger partial charge in [0.05, 0.1) is 18.0 Å². The molecule has 0 aliphatic rings. The molecule has 7 heteroatoms. The quantitative estimate of drug-likeness (QED) is 0.422. The monoisotopic (exact) mass is 396 g/mol. The van der Waals surface area contributed by atoms with Crippen molar-refractivity contribution < 1.29 is 9.53 Å². The van der Waals surface area contributed by atoms with Crippen molar-refractivity contribution >= 4 is 17.7 Å². The van der Waals surface area contributed by atoms with E-state index in [1.54, 1.807) is 19.3 Å². The van der Waals surface area contributed by atoms with Crippen LogP contribution in [0.4, 0.5) is 0 Å². The van der Waals surface area contributed by atoms with Gasteiger partial charge in [0.15, 0.2) is 11.0 Å². The van der Waals surface area contributed by atoms with E-state index in [4.69, 9.17) is 4.74 Å². The number of hydrogen-bond donors (Lipinski definition) is 0. The first kappa shape index (κ1) is 20.1. The highest BCUT2D eigenvalue weighted by molar-refractivity contribution is 7.99. The number of nitrogens with zero attached hydrogens (tertiary/aromatic N) is 4. The van der Waals surface area contributed by atoms with Gasteiger partial charge in [-0.05, 0) is 43.0 Å². The van der Waals surface area contributed by atoms with Crippen LogP contribution in [-0.4, -0.2) is 38.1 Å². The molecular formula is C21H24N4O2S. The lowest BCUT2D eigenvalue weighted by atomic mass is 10.0. The number of carbonyl (C=O) groups is 1. The second-order valence-electron chi connectivity index (χ2n) is 6.11. The molecule has 28 heavy (non-hydrogen) atoms.